The summed E-state index contributed by atoms with van der Waals surface area (Å²) in [5, 5.41) is 5.26. The standard InChI is InChI=1S/C21H21N3O2S3/c1-14(11-16-7-4-3-5-8-16)12-17-19(26)24(21(27)29-17)10-6-9-18(25)23-20-22-15(2)13-28-20/h3-5,7-8,11-13H,6,9-10H2,1-2H3,(H,22,23,25)/b14-11-,17-12+. The van der Waals surface area contributed by atoms with E-state index in [9.17, 15) is 9.59 Å². The number of benzene rings is 1. The van der Waals surface area contributed by atoms with Crippen LogP contribution >= 0.6 is 35.3 Å². The highest BCUT2D eigenvalue weighted by Gasteiger charge is 2.31. The minimum absolute atomic E-state index is 0.100. The molecule has 2 aromatic rings. The van der Waals surface area contributed by atoms with Crippen molar-refractivity contribution in [3.05, 3.63) is 63.5 Å². The molecule has 0 unspecified atom stereocenters. The summed E-state index contributed by atoms with van der Waals surface area (Å²) in [6.45, 7) is 4.27. The molecule has 2 amide bonds. The van der Waals surface area contributed by atoms with Crippen LogP contribution in [0.2, 0.25) is 0 Å². The van der Waals surface area contributed by atoms with Gasteiger partial charge >= 0.3 is 0 Å². The van der Waals surface area contributed by atoms with E-state index < -0.39 is 0 Å². The first kappa shape index (κ1) is 21.4. The van der Waals surface area contributed by atoms with Crippen molar-refractivity contribution in [2.45, 2.75) is 26.7 Å². The Morgan fingerprint density at radius 3 is 2.76 bits per heavy atom. The number of nitrogens with zero attached hydrogens (tertiary/aromatic N) is 2. The first-order chi connectivity index (χ1) is 13.9. The second kappa shape index (κ2) is 9.96. The highest BCUT2D eigenvalue weighted by molar-refractivity contribution is 8.26. The van der Waals surface area contributed by atoms with Crippen molar-refractivity contribution in [3.63, 3.8) is 0 Å². The van der Waals surface area contributed by atoms with Crippen molar-refractivity contribution in [1.82, 2.24) is 9.88 Å². The summed E-state index contributed by atoms with van der Waals surface area (Å²) in [5.74, 6) is -0.210. The number of hydrogen-bond donors (Lipinski definition) is 1. The number of nitrogens with one attached hydrogen (secondary N) is 1. The molecule has 29 heavy (non-hydrogen) atoms. The summed E-state index contributed by atoms with van der Waals surface area (Å²) in [7, 11) is 0. The van der Waals surface area contributed by atoms with Crippen LogP contribution in [0.25, 0.3) is 6.08 Å². The molecule has 0 spiro atoms. The summed E-state index contributed by atoms with van der Waals surface area (Å²) in [5.41, 5.74) is 2.94. The second-order valence-corrected chi connectivity index (χ2v) is 9.11. The maximum atomic E-state index is 12.7. The van der Waals surface area contributed by atoms with Gasteiger partial charge in [-0.2, -0.15) is 0 Å². The number of anilines is 1. The van der Waals surface area contributed by atoms with E-state index >= 15 is 0 Å². The van der Waals surface area contributed by atoms with E-state index in [1.165, 1.54) is 23.1 Å². The third kappa shape index (κ3) is 6.09. The van der Waals surface area contributed by atoms with Crippen LogP contribution in [0.4, 0.5) is 5.13 Å². The van der Waals surface area contributed by atoms with Crippen LogP contribution < -0.4 is 5.32 Å². The van der Waals surface area contributed by atoms with E-state index in [2.05, 4.69) is 10.3 Å². The Bertz CT molecular complexity index is 980. The number of carbonyl (C=O) groups is 2. The number of aromatic nitrogens is 1. The highest BCUT2D eigenvalue weighted by Crippen LogP contribution is 2.32. The van der Waals surface area contributed by atoms with Crippen LogP contribution in [-0.4, -0.2) is 32.6 Å². The Balaban J connectivity index is 1.53. The molecule has 2 heterocycles. The predicted octanol–water partition coefficient (Wildman–Crippen LogP) is 5.02. The van der Waals surface area contributed by atoms with Crippen molar-refractivity contribution in [2.24, 2.45) is 0 Å². The fraction of sp³-hybridized carbons (Fsp3) is 0.238. The molecule has 8 heteroatoms. The zero-order valence-electron chi connectivity index (χ0n) is 16.2. The van der Waals surface area contributed by atoms with Gasteiger partial charge in [-0.25, -0.2) is 4.98 Å². The van der Waals surface area contributed by atoms with Gasteiger partial charge in [0.2, 0.25) is 5.91 Å². The van der Waals surface area contributed by atoms with Crippen molar-refractivity contribution in [1.29, 1.82) is 0 Å². The number of thioether (sulfide) groups is 1. The Hall–Kier alpha value is -2.29. The lowest BCUT2D eigenvalue weighted by atomic mass is 10.1. The van der Waals surface area contributed by atoms with Crippen LogP contribution in [0.5, 0.6) is 0 Å². The normalized spacial score (nSPS) is 16.0. The van der Waals surface area contributed by atoms with E-state index in [4.69, 9.17) is 12.2 Å². The molecule has 1 fully saturated rings. The van der Waals surface area contributed by atoms with Crippen molar-refractivity contribution < 1.29 is 9.59 Å². The number of carbonyl (C=O) groups excluding carboxylic acids is 2. The molecule has 1 aromatic carbocycles. The lowest BCUT2D eigenvalue weighted by Gasteiger charge is -2.13. The van der Waals surface area contributed by atoms with Crippen molar-refractivity contribution in [2.75, 3.05) is 11.9 Å². The Labute approximate surface area is 183 Å². The SMILES string of the molecule is CC(=C/c1ccccc1)/C=C1/SC(=S)N(CCCC(=O)Nc2nc(C)cs2)C1=O. The van der Waals surface area contributed by atoms with Crippen molar-refractivity contribution >= 4 is 62.7 Å². The van der Waals surface area contributed by atoms with Gasteiger partial charge < -0.3 is 5.32 Å². The number of allylic oxidation sites excluding steroid dienone is 2. The molecule has 1 aliphatic heterocycles. The number of rotatable bonds is 7. The first-order valence-corrected chi connectivity index (χ1v) is 11.2. The Morgan fingerprint density at radius 1 is 1.31 bits per heavy atom. The average molecular weight is 444 g/mol. The molecule has 1 aromatic heterocycles. The molecule has 0 saturated carbocycles. The van der Waals surface area contributed by atoms with Gasteiger partial charge in [-0.3, -0.25) is 14.5 Å². The van der Waals surface area contributed by atoms with Gasteiger partial charge in [0.1, 0.15) is 4.32 Å². The smallest absolute Gasteiger partial charge is 0.266 e. The zero-order valence-corrected chi connectivity index (χ0v) is 18.6. The molecule has 5 nitrogen and oxygen atoms in total. The summed E-state index contributed by atoms with van der Waals surface area (Å²) < 4.78 is 0.532. The van der Waals surface area contributed by atoms with E-state index in [0.717, 1.165) is 16.8 Å². The summed E-state index contributed by atoms with van der Waals surface area (Å²) in [6, 6.07) is 9.95. The molecule has 3 rings (SSSR count). The second-order valence-electron chi connectivity index (χ2n) is 6.58. The first-order valence-electron chi connectivity index (χ1n) is 9.13. The van der Waals surface area contributed by atoms with Gasteiger partial charge in [0, 0.05) is 18.3 Å². The molecule has 0 radical (unpaired) electrons. The molecule has 150 valence electrons. The maximum absolute atomic E-state index is 12.7. The third-order valence-corrected chi connectivity index (χ3v) is 6.33. The zero-order chi connectivity index (χ0) is 20.8. The Kier molecular flexibility index (Phi) is 7.35. The van der Waals surface area contributed by atoms with Gasteiger partial charge in [-0.1, -0.05) is 60.4 Å². The van der Waals surface area contributed by atoms with Crippen LogP contribution in [0.3, 0.4) is 0 Å². The minimum Gasteiger partial charge on any atom is -0.302 e. The van der Waals surface area contributed by atoms with Gasteiger partial charge in [0.15, 0.2) is 5.13 Å². The van der Waals surface area contributed by atoms with E-state index in [0.29, 0.717) is 33.7 Å². The van der Waals surface area contributed by atoms with Gasteiger partial charge in [0.25, 0.3) is 5.91 Å². The lowest BCUT2D eigenvalue weighted by Crippen LogP contribution is -2.29. The maximum Gasteiger partial charge on any atom is 0.266 e. The molecule has 1 N–H and O–H groups in total. The molecule has 0 atom stereocenters. The van der Waals surface area contributed by atoms with E-state index in [1.54, 1.807) is 4.90 Å². The molecular weight excluding hydrogens is 422 g/mol. The Morgan fingerprint density at radius 2 is 2.07 bits per heavy atom. The topological polar surface area (TPSA) is 62.3 Å². The highest BCUT2D eigenvalue weighted by atomic mass is 32.2. The average Bonchev–Trinajstić information content (AvgIpc) is 3.19. The van der Waals surface area contributed by atoms with Gasteiger partial charge in [-0.05, 0) is 37.5 Å². The molecule has 1 aliphatic rings. The van der Waals surface area contributed by atoms with E-state index in [1.807, 2.05) is 61.7 Å². The van der Waals surface area contributed by atoms with Crippen LogP contribution in [0.15, 0.2) is 52.3 Å². The number of hydrogen-bond acceptors (Lipinski definition) is 6. The number of thiocarbonyl (C=S) groups is 1. The molecule has 1 saturated heterocycles. The summed E-state index contributed by atoms with van der Waals surface area (Å²) >= 11 is 8.07. The lowest BCUT2D eigenvalue weighted by molar-refractivity contribution is -0.122. The number of amides is 2. The fourth-order valence-electron chi connectivity index (χ4n) is 2.74. The van der Waals surface area contributed by atoms with Crippen LogP contribution in [-0.2, 0) is 9.59 Å². The summed E-state index contributed by atoms with van der Waals surface area (Å²) in [4.78, 5) is 31.1. The molecule has 0 bridgehead atoms. The summed E-state index contributed by atoms with van der Waals surface area (Å²) in [6.07, 6.45) is 4.73. The number of thiazole rings is 1. The predicted molar refractivity (Wildman–Crippen MR) is 125 cm³/mol. The van der Waals surface area contributed by atoms with Gasteiger partial charge in [-0.15, -0.1) is 11.3 Å². The largest absolute Gasteiger partial charge is 0.302 e. The van der Waals surface area contributed by atoms with Gasteiger partial charge in [0.05, 0.1) is 10.6 Å². The minimum atomic E-state index is -0.109. The fourth-order valence-corrected chi connectivity index (χ4v) is 4.81. The number of aryl methyl sites for hydroxylation is 1. The quantitative estimate of drug-likeness (QED) is 0.481. The molecule has 0 aliphatic carbocycles. The van der Waals surface area contributed by atoms with Crippen LogP contribution in [0, 0.1) is 6.92 Å². The molecular formula is C21H21N3O2S3. The monoisotopic (exact) mass is 443 g/mol. The third-order valence-electron chi connectivity index (χ3n) is 4.08. The van der Waals surface area contributed by atoms with Crippen molar-refractivity contribution in [3.8, 4) is 0 Å². The van der Waals surface area contributed by atoms with E-state index in [-0.39, 0.29) is 11.8 Å². The van der Waals surface area contributed by atoms with Crippen LogP contribution in [0.1, 0.15) is 31.0 Å².